The first-order chi connectivity index (χ1) is 15.0. The van der Waals surface area contributed by atoms with Gasteiger partial charge in [0.2, 0.25) is 5.91 Å². The smallest absolute Gasteiger partial charge is 0.219 e. The van der Waals surface area contributed by atoms with Crippen LogP contribution in [0.25, 0.3) is 0 Å². The zero-order valence-electron chi connectivity index (χ0n) is 18.2. The van der Waals surface area contributed by atoms with Gasteiger partial charge in [-0.3, -0.25) is 9.59 Å². The molecule has 4 rings (SSSR count). The molecule has 0 spiro atoms. The van der Waals surface area contributed by atoms with Crippen molar-refractivity contribution >= 4 is 34.6 Å². The fourth-order valence-electron chi connectivity index (χ4n) is 3.98. The van der Waals surface area contributed by atoms with Crippen molar-refractivity contribution in [3.8, 4) is 0 Å². The van der Waals surface area contributed by atoms with Crippen molar-refractivity contribution in [2.45, 2.75) is 33.1 Å². The molecule has 0 unspecified atom stereocenters. The lowest BCUT2D eigenvalue weighted by Crippen LogP contribution is -2.48. The number of benzene rings is 1. The third-order valence-electron chi connectivity index (χ3n) is 6.16. The molecule has 31 heavy (non-hydrogen) atoms. The molecule has 2 fully saturated rings. The van der Waals surface area contributed by atoms with Gasteiger partial charge in [0.1, 0.15) is 0 Å². The Kier molecular flexibility index (Phi) is 6.34. The Morgan fingerprint density at radius 1 is 1.03 bits per heavy atom. The third-order valence-corrected chi connectivity index (χ3v) is 6.16. The summed E-state index contributed by atoms with van der Waals surface area (Å²) in [6.45, 7) is 7.17. The predicted octanol–water partition coefficient (Wildman–Crippen LogP) is 3.30. The van der Waals surface area contributed by atoms with Crippen LogP contribution < -0.4 is 15.5 Å². The first kappa shape index (κ1) is 21.1. The molecule has 1 aliphatic heterocycles. The van der Waals surface area contributed by atoms with Crippen molar-refractivity contribution in [1.29, 1.82) is 0 Å². The molecule has 2 aromatic rings. The largest absolute Gasteiger partial charge is 0.383 e. The fraction of sp³-hybridized carbons (Fsp3) is 0.478. The third kappa shape index (κ3) is 5.13. The highest BCUT2D eigenvalue weighted by atomic mass is 16.2. The molecular weight excluding hydrogens is 392 g/mol. The van der Waals surface area contributed by atoms with E-state index in [1.54, 1.807) is 6.92 Å². The van der Waals surface area contributed by atoms with Crippen molar-refractivity contribution in [2.24, 2.45) is 5.92 Å². The second kappa shape index (κ2) is 9.32. The molecule has 0 atom stereocenters. The van der Waals surface area contributed by atoms with Gasteiger partial charge in [-0.05, 0) is 43.0 Å². The average molecular weight is 423 g/mol. The number of carbonyl (C=O) groups is 2. The lowest BCUT2D eigenvalue weighted by molar-refractivity contribution is -0.129. The van der Waals surface area contributed by atoms with Crippen LogP contribution in [-0.4, -0.2) is 59.5 Å². The Morgan fingerprint density at radius 3 is 2.32 bits per heavy atom. The molecule has 8 heteroatoms. The Balaban J connectivity index is 1.40. The number of piperazine rings is 1. The molecule has 2 N–H and O–H groups in total. The highest BCUT2D eigenvalue weighted by Crippen LogP contribution is 2.28. The zero-order valence-corrected chi connectivity index (χ0v) is 18.2. The number of amides is 1. The summed E-state index contributed by atoms with van der Waals surface area (Å²) in [7, 11) is 0. The standard InChI is InChI=1S/C23H30N6O2/c1-16(30)23-21(24-15-18-4-3-5-18)14-22(26-27-23)25-19-6-8-20(9-7-19)29-12-10-28(11-13-29)17(2)31/h6-9,14,18H,3-5,10-13,15H2,1-2H3,(H2,24,25,26). The average Bonchev–Trinajstić information content (AvgIpc) is 2.73. The van der Waals surface area contributed by atoms with E-state index in [1.807, 2.05) is 23.1 Å². The van der Waals surface area contributed by atoms with E-state index in [4.69, 9.17) is 0 Å². The second-order valence-corrected chi connectivity index (χ2v) is 8.39. The van der Waals surface area contributed by atoms with E-state index >= 15 is 0 Å². The molecule has 0 radical (unpaired) electrons. The summed E-state index contributed by atoms with van der Waals surface area (Å²) in [5, 5.41) is 15.0. The number of ketones is 1. The van der Waals surface area contributed by atoms with E-state index in [1.165, 1.54) is 26.2 Å². The lowest BCUT2D eigenvalue weighted by Gasteiger charge is -2.35. The maximum atomic E-state index is 11.9. The fourth-order valence-corrected chi connectivity index (χ4v) is 3.98. The van der Waals surface area contributed by atoms with Crippen LogP contribution in [0.1, 0.15) is 43.6 Å². The van der Waals surface area contributed by atoms with E-state index in [-0.39, 0.29) is 11.7 Å². The normalized spacial score (nSPS) is 16.6. The summed E-state index contributed by atoms with van der Waals surface area (Å²) in [5.74, 6) is 1.32. The molecule has 1 saturated heterocycles. The summed E-state index contributed by atoms with van der Waals surface area (Å²) in [4.78, 5) is 27.6. The quantitative estimate of drug-likeness (QED) is 0.662. The minimum Gasteiger partial charge on any atom is -0.383 e. The first-order valence-corrected chi connectivity index (χ1v) is 11.0. The van der Waals surface area contributed by atoms with Gasteiger partial charge >= 0.3 is 0 Å². The molecule has 164 valence electrons. The Hall–Kier alpha value is -3.16. The van der Waals surface area contributed by atoms with Gasteiger partial charge in [-0.2, -0.15) is 0 Å². The van der Waals surface area contributed by atoms with Crippen LogP contribution in [0, 0.1) is 5.92 Å². The number of nitrogens with zero attached hydrogens (tertiary/aromatic N) is 4. The van der Waals surface area contributed by atoms with Crippen molar-refractivity contribution in [1.82, 2.24) is 15.1 Å². The van der Waals surface area contributed by atoms with Crippen molar-refractivity contribution in [3.63, 3.8) is 0 Å². The maximum Gasteiger partial charge on any atom is 0.219 e. The molecule has 8 nitrogen and oxygen atoms in total. The van der Waals surface area contributed by atoms with Gasteiger partial charge < -0.3 is 20.4 Å². The van der Waals surface area contributed by atoms with Crippen molar-refractivity contribution < 1.29 is 9.59 Å². The van der Waals surface area contributed by atoms with E-state index in [9.17, 15) is 9.59 Å². The number of carbonyl (C=O) groups excluding carboxylic acids is 2. The van der Waals surface area contributed by atoms with Crippen LogP contribution in [0.2, 0.25) is 0 Å². The Morgan fingerprint density at radius 2 is 1.74 bits per heavy atom. The topological polar surface area (TPSA) is 90.5 Å². The highest BCUT2D eigenvalue weighted by molar-refractivity contribution is 5.97. The minimum atomic E-state index is -0.0932. The van der Waals surface area contributed by atoms with Crippen LogP contribution in [0.15, 0.2) is 30.3 Å². The number of anilines is 4. The second-order valence-electron chi connectivity index (χ2n) is 8.39. The summed E-state index contributed by atoms with van der Waals surface area (Å²) >= 11 is 0. The van der Waals surface area contributed by atoms with Gasteiger partial charge in [-0.15, -0.1) is 10.2 Å². The number of aromatic nitrogens is 2. The summed E-state index contributed by atoms with van der Waals surface area (Å²) in [6, 6.07) is 10.0. The SMILES string of the molecule is CC(=O)c1nnc(Nc2ccc(N3CCN(C(C)=O)CC3)cc2)cc1NCC1CCC1. The monoisotopic (exact) mass is 422 g/mol. The molecule has 2 heterocycles. The summed E-state index contributed by atoms with van der Waals surface area (Å²) < 4.78 is 0. The molecule has 2 aliphatic rings. The van der Waals surface area contributed by atoms with E-state index in [0.717, 1.165) is 49.8 Å². The summed E-state index contributed by atoms with van der Waals surface area (Å²) in [5.41, 5.74) is 3.15. The van der Waals surface area contributed by atoms with Crippen LogP contribution >= 0.6 is 0 Å². The van der Waals surface area contributed by atoms with Gasteiger partial charge in [0.15, 0.2) is 17.3 Å². The lowest BCUT2D eigenvalue weighted by atomic mass is 9.85. The molecular formula is C23H30N6O2. The predicted molar refractivity (Wildman–Crippen MR) is 122 cm³/mol. The molecule has 1 aliphatic carbocycles. The van der Waals surface area contributed by atoms with Gasteiger partial charge in [0.25, 0.3) is 0 Å². The van der Waals surface area contributed by atoms with Crippen LogP contribution in [-0.2, 0) is 4.79 Å². The van der Waals surface area contributed by atoms with Crippen molar-refractivity contribution in [2.75, 3.05) is 48.3 Å². The van der Waals surface area contributed by atoms with Crippen LogP contribution in [0.4, 0.5) is 22.9 Å². The molecule has 0 bridgehead atoms. The number of rotatable bonds is 7. The van der Waals surface area contributed by atoms with Gasteiger partial charge in [0, 0.05) is 64.0 Å². The summed E-state index contributed by atoms with van der Waals surface area (Å²) in [6.07, 6.45) is 3.76. The Bertz CT molecular complexity index is 934. The van der Waals surface area contributed by atoms with Gasteiger partial charge in [0.05, 0.1) is 5.69 Å². The first-order valence-electron chi connectivity index (χ1n) is 11.0. The van der Waals surface area contributed by atoms with E-state index in [0.29, 0.717) is 17.4 Å². The number of hydrogen-bond acceptors (Lipinski definition) is 7. The van der Waals surface area contributed by atoms with E-state index in [2.05, 4.69) is 37.9 Å². The van der Waals surface area contributed by atoms with E-state index < -0.39 is 0 Å². The highest BCUT2D eigenvalue weighted by Gasteiger charge is 2.20. The number of nitrogens with one attached hydrogen (secondary N) is 2. The Labute approximate surface area is 183 Å². The van der Waals surface area contributed by atoms with Gasteiger partial charge in [-0.25, -0.2) is 0 Å². The molecule has 1 aromatic heterocycles. The molecule has 1 amide bonds. The van der Waals surface area contributed by atoms with Gasteiger partial charge in [-0.1, -0.05) is 6.42 Å². The van der Waals surface area contributed by atoms with Crippen LogP contribution in [0.3, 0.4) is 0 Å². The molecule has 1 saturated carbocycles. The van der Waals surface area contributed by atoms with Crippen LogP contribution in [0.5, 0.6) is 0 Å². The van der Waals surface area contributed by atoms with Crippen molar-refractivity contribution in [3.05, 3.63) is 36.0 Å². The molecule has 1 aromatic carbocycles. The minimum absolute atomic E-state index is 0.0932. The zero-order chi connectivity index (χ0) is 21.8. The number of Topliss-reactive ketones (excluding diaryl/α,β-unsaturated/α-hetero) is 1. The maximum absolute atomic E-state index is 11.9. The number of hydrogen-bond donors (Lipinski definition) is 2.